The van der Waals surface area contributed by atoms with Crippen molar-refractivity contribution in [1.82, 2.24) is 9.55 Å². The lowest BCUT2D eigenvalue weighted by molar-refractivity contribution is -0.111. The Bertz CT molecular complexity index is 1970. The quantitative estimate of drug-likeness (QED) is 0.228. The number of morpholine rings is 1. The first-order valence-corrected chi connectivity index (χ1v) is 15.5. The van der Waals surface area contributed by atoms with E-state index in [-0.39, 0.29) is 33.3 Å². The highest BCUT2D eigenvalue weighted by molar-refractivity contribution is 6.41. The minimum atomic E-state index is -0.425. The molecule has 0 aliphatic carbocycles. The van der Waals surface area contributed by atoms with Gasteiger partial charge < -0.3 is 33.7 Å². The van der Waals surface area contributed by atoms with Crippen LogP contribution in [0.5, 0.6) is 17.2 Å². The zero-order valence-electron chi connectivity index (χ0n) is 26.0. The van der Waals surface area contributed by atoms with E-state index in [0.29, 0.717) is 70.4 Å². The maximum Gasteiger partial charge on any atom is 0.300 e. The van der Waals surface area contributed by atoms with E-state index in [2.05, 4.69) is 22.1 Å². The molecule has 2 aliphatic rings. The average molecular weight is 664 g/mol. The van der Waals surface area contributed by atoms with Crippen molar-refractivity contribution < 1.29 is 23.7 Å². The van der Waals surface area contributed by atoms with Gasteiger partial charge in [-0.25, -0.2) is 0 Å². The minimum Gasteiger partial charge on any atom is -0.496 e. The molecule has 0 saturated carbocycles. The first-order valence-electron chi connectivity index (χ1n) is 14.7. The number of carbonyl (C=O) groups is 1. The Morgan fingerprint density at radius 1 is 1.04 bits per heavy atom. The Hall–Kier alpha value is -4.43. The molecule has 0 radical (unpaired) electrons. The molecule has 238 valence electrons. The van der Waals surface area contributed by atoms with Crippen molar-refractivity contribution in [3.05, 3.63) is 56.9 Å². The lowest BCUT2D eigenvalue weighted by Gasteiger charge is -2.31. The lowest BCUT2D eigenvalue weighted by Crippen LogP contribution is -2.37. The van der Waals surface area contributed by atoms with Crippen LogP contribution in [-0.4, -0.2) is 62.1 Å². The number of nitrogens with zero attached hydrogens (tertiary/aromatic N) is 3. The Kier molecular flexibility index (Phi) is 8.75. The standard InChI is InChI=1S/C34H32Cl2N4O6/c1-6-8-30(41)38-24-11-21(27(43-3)13-26(24)40-16-20-10-19(40)17-46-20)23-12-25-18(15-37-23)9-22(34(42)39(25)7-2)31-32(35)28(44-4)14-29(45-5)33(31)36/h9,11-15,19-20H,7,10,16-17H2,1-5H3,(H,38,41). The van der Waals surface area contributed by atoms with Crippen molar-refractivity contribution in [1.29, 1.82) is 0 Å². The third-order valence-corrected chi connectivity index (χ3v) is 9.18. The van der Waals surface area contributed by atoms with Crippen LogP contribution >= 0.6 is 23.2 Å². The number of nitrogens with one attached hydrogen (secondary N) is 1. The number of pyridine rings is 2. The summed E-state index contributed by atoms with van der Waals surface area (Å²) in [6.45, 7) is 5.18. The number of hydrogen-bond acceptors (Lipinski definition) is 8. The van der Waals surface area contributed by atoms with E-state index in [1.54, 1.807) is 36.9 Å². The zero-order valence-corrected chi connectivity index (χ0v) is 27.5. The number of halogens is 2. The van der Waals surface area contributed by atoms with Crippen LogP contribution in [0.4, 0.5) is 11.4 Å². The fourth-order valence-corrected chi connectivity index (χ4v) is 6.98. The molecule has 10 nitrogen and oxygen atoms in total. The van der Waals surface area contributed by atoms with E-state index in [9.17, 15) is 9.59 Å². The lowest BCUT2D eigenvalue weighted by atomic mass is 10.0. The topological polar surface area (TPSA) is 104 Å². The molecule has 2 aromatic carbocycles. The highest BCUT2D eigenvalue weighted by atomic mass is 35.5. The number of hydrogen-bond donors (Lipinski definition) is 1. The third-order valence-electron chi connectivity index (χ3n) is 8.43. The van der Waals surface area contributed by atoms with Gasteiger partial charge in [0.25, 0.3) is 11.5 Å². The van der Waals surface area contributed by atoms with Crippen molar-refractivity contribution in [3.63, 3.8) is 0 Å². The van der Waals surface area contributed by atoms with Crippen LogP contribution in [0.2, 0.25) is 10.0 Å². The van der Waals surface area contributed by atoms with E-state index < -0.39 is 5.91 Å². The summed E-state index contributed by atoms with van der Waals surface area (Å²) < 4.78 is 24.2. The largest absolute Gasteiger partial charge is 0.496 e. The molecule has 4 heterocycles. The highest BCUT2D eigenvalue weighted by Gasteiger charge is 2.40. The van der Waals surface area contributed by atoms with Gasteiger partial charge in [-0.1, -0.05) is 29.1 Å². The van der Waals surface area contributed by atoms with E-state index in [0.717, 1.165) is 12.1 Å². The number of benzene rings is 2. The second-order valence-corrected chi connectivity index (χ2v) is 11.7. The van der Waals surface area contributed by atoms with Gasteiger partial charge in [0.05, 0.1) is 78.3 Å². The number of anilines is 2. The van der Waals surface area contributed by atoms with Gasteiger partial charge in [-0.05, 0) is 44.4 Å². The van der Waals surface area contributed by atoms with Crippen LogP contribution in [0, 0.1) is 11.8 Å². The predicted molar refractivity (Wildman–Crippen MR) is 180 cm³/mol. The molecule has 0 spiro atoms. The fourth-order valence-electron chi connectivity index (χ4n) is 6.27. The summed E-state index contributed by atoms with van der Waals surface area (Å²) in [5.74, 6) is 6.00. The van der Waals surface area contributed by atoms with Crippen molar-refractivity contribution in [2.45, 2.75) is 39.0 Å². The highest BCUT2D eigenvalue weighted by Crippen LogP contribution is 2.46. The van der Waals surface area contributed by atoms with Gasteiger partial charge in [0.2, 0.25) is 0 Å². The number of methoxy groups -OCH3 is 3. The van der Waals surface area contributed by atoms with Crippen molar-refractivity contribution >= 4 is 51.4 Å². The second kappa shape index (κ2) is 12.8. The smallest absolute Gasteiger partial charge is 0.300 e. The first-order chi connectivity index (χ1) is 22.2. The second-order valence-electron chi connectivity index (χ2n) is 10.9. The van der Waals surface area contributed by atoms with Crippen LogP contribution in [0.3, 0.4) is 0 Å². The molecular weight excluding hydrogens is 631 g/mol. The number of carbonyl (C=O) groups excluding carboxylic acids is 1. The van der Waals surface area contributed by atoms with Gasteiger partial charge in [0.1, 0.15) is 17.2 Å². The van der Waals surface area contributed by atoms with Gasteiger partial charge in [-0.3, -0.25) is 14.6 Å². The summed E-state index contributed by atoms with van der Waals surface area (Å²) in [5, 5.41) is 4.03. The molecule has 1 N–H and O–H groups in total. The van der Waals surface area contributed by atoms with Gasteiger partial charge in [-0.15, -0.1) is 0 Å². The average Bonchev–Trinajstić information content (AvgIpc) is 3.69. The number of amides is 1. The summed E-state index contributed by atoms with van der Waals surface area (Å²) in [6, 6.07) is 9.08. The van der Waals surface area contributed by atoms with E-state index >= 15 is 0 Å². The van der Waals surface area contributed by atoms with Crippen molar-refractivity contribution in [3.8, 4) is 51.5 Å². The maximum absolute atomic E-state index is 14.0. The minimum absolute atomic E-state index is 0.148. The predicted octanol–water partition coefficient (Wildman–Crippen LogP) is 6.02. The monoisotopic (exact) mass is 662 g/mol. The van der Waals surface area contributed by atoms with Crippen molar-refractivity contribution in [2.75, 3.05) is 44.7 Å². The number of ether oxygens (including phenoxy) is 4. The summed E-state index contributed by atoms with van der Waals surface area (Å²) in [6.07, 6.45) is 2.76. The van der Waals surface area contributed by atoms with Crippen molar-refractivity contribution in [2.24, 2.45) is 0 Å². The van der Waals surface area contributed by atoms with E-state index in [1.807, 2.05) is 25.1 Å². The van der Waals surface area contributed by atoms with Gasteiger partial charge >= 0.3 is 0 Å². The molecule has 12 heteroatoms. The van der Waals surface area contributed by atoms with Crippen LogP contribution in [0.25, 0.3) is 33.3 Å². The Morgan fingerprint density at radius 2 is 1.76 bits per heavy atom. The summed E-state index contributed by atoms with van der Waals surface area (Å²) >= 11 is 13.4. The number of aromatic nitrogens is 2. The Balaban J connectivity index is 1.52. The zero-order chi connectivity index (χ0) is 32.7. The van der Waals surface area contributed by atoms with Crippen LogP contribution in [0.15, 0.2) is 41.3 Å². The van der Waals surface area contributed by atoms with E-state index in [1.165, 1.54) is 14.2 Å². The van der Waals surface area contributed by atoms with Crippen LogP contribution < -0.4 is 30.0 Å². The molecule has 2 atom stereocenters. The van der Waals surface area contributed by atoms with Gasteiger partial charge in [0, 0.05) is 47.9 Å². The normalized spacial score (nSPS) is 16.7. The number of rotatable bonds is 8. The molecule has 46 heavy (non-hydrogen) atoms. The molecule has 2 unspecified atom stereocenters. The molecule has 2 aromatic heterocycles. The molecule has 6 rings (SSSR count). The summed E-state index contributed by atoms with van der Waals surface area (Å²) in [4.78, 5) is 33.7. The Morgan fingerprint density at radius 3 is 2.35 bits per heavy atom. The third kappa shape index (κ3) is 5.38. The van der Waals surface area contributed by atoms with Crippen LogP contribution in [-0.2, 0) is 16.1 Å². The van der Waals surface area contributed by atoms with Crippen LogP contribution in [0.1, 0.15) is 20.3 Å². The number of fused-ring (bicyclic) bond motifs is 3. The molecule has 2 saturated heterocycles. The molecular formula is C34H32Cl2N4O6. The summed E-state index contributed by atoms with van der Waals surface area (Å²) in [7, 11) is 4.55. The number of aryl methyl sites for hydroxylation is 1. The SMILES string of the molecule is CC#CC(=O)Nc1cc(-c2cc3c(cn2)cc(-c2c(Cl)c(OC)cc(OC)c2Cl)c(=O)n3CC)c(OC)cc1N1CC2CC1CO2. The van der Waals surface area contributed by atoms with E-state index in [4.69, 9.17) is 47.1 Å². The first kappa shape index (κ1) is 31.5. The Labute approximate surface area is 276 Å². The molecule has 2 bridgehead atoms. The molecule has 1 amide bonds. The van der Waals surface area contributed by atoms with Gasteiger partial charge in [-0.2, -0.15) is 0 Å². The summed E-state index contributed by atoms with van der Waals surface area (Å²) in [5.41, 5.74) is 3.52. The molecule has 2 fully saturated rings. The maximum atomic E-state index is 14.0. The molecule has 2 aliphatic heterocycles. The fraction of sp³-hybridized carbons (Fsp3) is 0.324. The van der Waals surface area contributed by atoms with Gasteiger partial charge in [0.15, 0.2) is 0 Å². The molecule has 4 aromatic rings.